The maximum absolute atomic E-state index is 12.1. The number of nitrogens with two attached hydrogens (primary N) is 1. The van der Waals surface area contributed by atoms with Crippen molar-refractivity contribution in [3.8, 4) is 5.75 Å². The topological polar surface area (TPSA) is 64.3 Å². The van der Waals surface area contributed by atoms with Gasteiger partial charge in [0.2, 0.25) is 5.91 Å². The number of hydrogen-bond acceptors (Lipinski definition) is 3. The summed E-state index contributed by atoms with van der Waals surface area (Å²) in [6, 6.07) is 7.75. The van der Waals surface area contributed by atoms with Crippen LogP contribution in [0.5, 0.6) is 5.75 Å². The van der Waals surface area contributed by atoms with Gasteiger partial charge < -0.3 is 15.8 Å². The summed E-state index contributed by atoms with van der Waals surface area (Å²) in [4.78, 5) is 12.1. The number of nitrogens with one attached hydrogen (secondary N) is 1. The highest BCUT2D eigenvalue weighted by Gasteiger charge is 2.40. The normalized spacial score (nSPS) is 17.4. The number of halogens is 1. The van der Waals surface area contributed by atoms with Crippen LogP contribution >= 0.6 is 12.4 Å². The van der Waals surface area contributed by atoms with Gasteiger partial charge in [0, 0.05) is 0 Å². The predicted octanol–water partition coefficient (Wildman–Crippen LogP) is 2.95. The quantitative estimate of drug-likeness (QED) is 0.878. The number of rotatable bonds is 5. The fraction of sp³-hybridized carbons (Fsp3) is 0.562. The highest BCUT2D eigenvalue weighted by Crippen LogP contribution is 2.30. The molecule has 21 heavy (non-hydrogen) atoms. The molecule has 1 aliphatic carbocycles. The molecule has 0 spiro atoms. The summed E-state index contributed by atoms with van der Waals surface area (Å²) in [5.41, 5.74) is 6.41. The Balaban J connectivity index is 0.00000220. The first-order chi connectivity index (χ1) is 9.40. The van der Waals surface area contributed by atoms with Gasteiger partial charge in [0.15, 0.2) is 0 Å². The lowest BCUT2D eigenvalue weighted by molar-refractivity contribution is -0.129. The second-order valence-corrected chi connectivity index (χ2v) is 5.94. The van der Waals surface area contributed by atoms with Crippen LogP contribution in [0.15, 0.2) is 24.3 Å². The van der Waals surface area contributed by atoms with Crippen LogP contribution in [0.2, 0.25) is 0 Å². The third kappa shape index (κ3) is 4.35. The zero-order valence-corrected chi connectivity index (χ0v) is 13.7. The van der Waals surface area contributed by atoms with E-state index in [4.69, 9.17) is 10.5 Å². The second-order valence-electron chi connectivity index (χ2n) is 5.94. The van der Waals surface area contributed by atoms with E-state index in [-0.39, 0.29) is 30.5 Å². The van der Waals surface area contributed by atoms with Crippen molar-refractivity contribution in [3.05, 3.63) is 29.8 Å². The Morgan fingerprint density at radius 3 is 2.52 bits per heavy atom. The molecule has 0 aromatic heterocycles. The average Bonchev–Trinajstić information content (AvgIpc) is 2.35. The second kappa shape index (κ2) is 7.14. The fourth-order valence-electron chi connectivity index (χ4n) is 2.34. The van der Waals surface area contributed by atoms with Gasteiger partial charge in [-0.15, -0.1) is 12.4 Å². The van der Waals surface area contributed by atoms with E-state index in [0.29, 0.717) is 0 Å². The van der Waals surface area contributed by atoms with Crippen molar-refractivity contribution >= 4 is 18.3 Å². The predicted molar refractivity (Wildman–Crippen MR) is 86.8 cm³/mol. The minimum atomic E-state index is -0.652. The number of benzene rings is 1. The van der Waals surface area contributed by atoms with E-state index in [1.807, 2.05) is 45.0 Å². The van der Waals surface area contributed by atoms with Gasteiger partial charge in [-0.05, 0) is 57.7 Å². The molecule has 2 rings (SSSR count). The van der Waals surface area contributed by atoms with Crippen molar-refractivity contribution in [3.63, 3.8) is 0 Å². The molecular formula is C16H25ClN2O2. The summed E-state index contributed by atoms with van der Waals surface area (Å²) in [5.74, 6) is 0.774. The molecule has 1 aromatic rings. The van der Waals surface area contributed by atoms with Gasteiger partial charge in [0.05, 0.1) is 17.7 Å². The lowest BCUT2D eigenvalue weighted by Gasteiger charge is -2.37. The van der Waals surface area contributed by atoms with Crippen LogP contribution in [-0.4, -0.2) is 17.6 Å². The van der Waals surface area contributed by atoms with Crippen molar-refractivity contribution in [2.75, 3.05) is 0 Å². The van der Waals surface area contributed by atoms with E-state index in [0.717, 1.165) is 30.6 Å². The number of ether oxygens (including phenoxy) is 1. The molecule has 1 atom stereocenters. The molecule has 0 aliphatic heterocycles. The van der Waals surface area contributed by atoms with Crippen molar-refractivity contribution < 1.29 is 9.53 Å². The first kappa shape index (κ1) is 17.8. The molecule has 0 bridgehead atoms. The van der Waals surface area contributed by atoms with Gasteiger partial charge in [-0.25, -0.2) is 0 Å². The molecule has 1 saturated carbocycles. The van der Waals surface area contributed by atoms with Crippen LogP contribution in [0, 0.1) is 0 Å². The van der Waals surface area contributed by atoms with Crippen LogP contribution < -0.4 is 15.8 Å². The molecule has 1 aliphatic rings. The molecule has 1 amide bonds. The maximum Gasteiger partial charge on any atom is 0.240 e. The monoisotopic (exact) mass is 312 g/mol. The molecule has 0 radical (unpaired) electrons. The van der Waals surface area contributed by atoms with Gasteiger partial charge in [0.1, 0.15) is 5.75 Å². The number of carbonyl (C=O) groups excluding carboxylic acids is 1. The number of carbonyl (C=O) groups is 1. The Morgan fingerprint density at radius 2 is 2.00 bits per heavy atom. The molecule has 0 saturated heterocycles. The van der Waals surface area contributed by atoms with Crippen LogP contribution in [0.1, 0.15) is 51.6 Å². The zero-order valence-electron chi connectivity index (χ0n) is 12.9. The van der Waals surface area contributed by atoms with Gasteiger partial charge in [-0.1, -0.05) is 12.1 Å². The van der Waals surface area contributed by atoms with Crippen molar-refractivity contribution in [2.24, 2.45) is 5.73 Å². The van der Waals surface area contributed by atoms with Crippen LogP contribution in [0.4, 0.5) is 0 Å². The summed E-state index contributed by atoms with van der Waals surface area (Å²) < 4.78 is 5.67. The number of amides is 1. The van der Waals surface area contributed by atoms with Gasteiger partial charge in [-0.2, -0.15) is 0 Å². The lowest BCUT2D eigenvalue weighted by Crippen LogP contribution is -2.58. The Labute approximate surface area is 132 Å². The summed E-state index contributed by atoms with van der Waals surface area (Å²) in [5, 5.41) is 3.00. The highest BCUT2D eigenvalue weighted by atomic mass is 35.5. The van der Waals surface area contributed by atoms with Crippen LogP contribution in [0.25, 0.3) is 0 Å². The standard InChI is InChI=1S/C16H24N2O2.ClH/c1-11(2)20-14-7-4-6-13(10-14)12(3)18-15(19)16(17)8-5-9-16;/h4,6-7,10-12H,5,8-9,17H2,1-3H3,(H,18,19);1H. The van der Waals surface area contributed by atoms with E-state index in [1.165, 1.54) is 0 Å². The van der Waals surface area contributed by atoms with Gasteiger partial charge in [0.25, 0.3) is 0 Å². The minimum absolute atomic E-state index is 0. The third-order valence-electron chi connectivity index (χ3n) is 3.78. The van der Waals surface area contributed by atoms with Crippen LogP contribution in [0.3, 0.4) is 0 Å². The Hall–Kier alpha value is -1.26. The molecule has 1 fully saturated rings. The van der Waals surface area contributed by atoms with E-state index in [2.05, 4.69) is 5.32 Å². The Morgan fingerprint density at radius 1 is 1.33 bits per heavy atom. The van der Waals surface area contributed by atoms with E-state index < -0.39 is 5.54 Å². The molecule has 3 N–H and O–H groups in total. The fourth-order valence-corrected chi connectivity index (χ4v) is 2.34. The molecule has 1 aromatic carbocycles. The van der Waals surface area contributed by atoms with Gasteiger partial charge in [-0.3, -0.25) is 4.79 Å². The average molecular weight is 313 g/mol. The third-order valence-corrected chi connectivity index (χ3v) is 3.78. The van der Waals surface area contributed by atoms with Crippen molar-refractivity contribution in [1.29, 1.82) is 0 Å². The largest absolute Gasteiger partial charge is 0.491 e. The maximum atomic E-state index is 12.1. The molecular weight excluding hydrogens is 288 g/mol. The van der Waals surface area contributed by atoms with Crippen molar-refractivity contribution in [1.82, 2.24) is 5.32 Å². The van der Waals surface area contributed by atoms with Crippen molar-refractivity contribution in [2.45, 2.75) is 57.7 Å². The summed E-state index contributed by atoms with van der Waals surface area (Å²) >= 11 is 0. The molecule has 0 heterocycles. The summed E-state index contributed by atoms with van der Waals surface area (Å²) in [6.45, 7) is 5.95. The minimum Gasteiger partial charge on any atom is -0.491 e. The van der Waals surface area contributed by atoms with E-state index in [1.54, 1.807) is 0 Å². The SMILES string of the molecule is CC(C)Oc1cccc(C(C)NC(=O)C2(N)CCC2)c1.Cl. The Bertz CT molecular complexity index is 487. The molecule has 1 unspecified atom stereocenters. The molecule has 5 heteroatoms. The smallest absolute Gasteiger partial charge is 0.240 e. The summed E-state index contributed by atoms with van der Waals surface area (Å²) in [7, 11) is 0. The van der Waals surface area contributed by atoms with Gasteiger partial charge >= 0.3 is 0 Å². The lowest BCUT2D eigenvalue weighted by atomic mass is 9.77. The first-order valence-corrected chi connectivity index (χ1v) is 7.27. The van der Waals surface area contributed by atoms with E-state index >= 15 is 0 Å². The Kier molecular flexibility index (Phi) is 6.05. The van der Waals surface area contributed by atoms with E-state index in [9.17, 15) is 4.79 Å². The highest BCUT2D eigenvalue weighted by molar-refractivity contribution is 5.87. The molecule has 4 nitrogen and oxygen atoms in total. The molecule has 118 valence electrons. The summed E-state index contributed by atoms with van der Waals surface area (Å²) in [6.07, 6.45) is 2.73. The number of hydrogen-bond donors (Lipinski definition) is 2. The first-order valence-electron chi connectivity index (χ1n) is 7.27. The zero-order chi connectivity index (χ0) is 14.8. The van der Waals surface area contributed by atoms with Crippen LogP contribution in [-0.2, 0) is 4.79 Å².